The monoisotopic (exact) mass is 463 g/mol. The van der Waals surface area contributed by atoms with Gasteiger partial charge in [0, 0.05) is 37.5 Å². The van der Waals surface area contributed by atoms with Crippen molar-refractivity contribution >= 4 is 39.3 Å². The van der Waals surface area contributed by atoms with Gasteiger partial charge in [0.1, 0.15) is 5.82 Å². The predicted molar refractivity (Wildman–Crippen MR) is 116 cm³/mol. The van der Waals surface area contributed by atoms with Gasteiger partial charge in [0.25, 0.3) is 0 Å². The van der Waals surface area contributed by atoms with Crippen LogP contribution >= 0.6 is 11.8 Å². The van der Waals surface area contributed by atoms with Crippen LogP contribution in [0.3, 0.4) is 0 Å². The molecule has 10 heteroatoms. The number of nitrogens with zero attached hydrogens (tertiary/aromatic N) is 2. The Kier molecular flexibility index (Phi) is 6.31. The number of hydrogen-bond acceptors (Lipinski definition) is 5. The second-order valence-corrected chi connectivity index (χ2v) is 10.6. The summed E-state index contributed by atoms with van der Waals surface area (Å²) in [6.45, 7) is 1.09. The van der Waals surface area contributed by atoms with E-state index < -0.39 is 21.1 Å². The van der Waals surface area contributed by atoms with Crippen LogP contribution in [0, 0.1) is 5.82 Å². The molecule has 0 aromatic heterocycles. The van der Waals surface area contributed by atoms with E-state index in [0.717, 1.165) is 22.7 Å². The van der Waals surface area contributed by atoms with Crippen LogP contribution in [-0.2, 0) is 19.6 Å². The van der Waals surface area contributed by atoms with Crippen LogP contribution in [0.4, 0.5) is 10.1 Å². The SMILES string of the molecule is O=C1Nc2ccccc2SC1CC(=O)N1CCCN(S(=O)(=O)c2ccc(F)cc2)CC1. The van der Waals surface area contributed by atoms with E-state index >= 15 is 0 Å². The summed E-state index contributed by atoms with van der Waals surface area (Å²) in [5.74, 6) is -0.876. The smallest absolute Gasteiger partial charge is 0.243 e. The minimum absolute atomic E-state index is 0.0302. The molecule has 1 atom stereocenters. The number of carbonyl (C=O) groups excluding carboxylic acids is 2. The summed E-state index contributed by atoms with van der Waals surface area (Å²) in [6.07, 6.45) is 0.536. The molecule has 0 bridgehead atoms. The zero-order valence-corrected chi connectivity index (χ0v) is 18.3. The van der Waals surface area contributed by atoms with Crippen molar-refractivity contribution in [3.8, 4) is 0 Å². The Hall–Kier alpha value is -2.43. The zero-order chi connectivity index (χ0) is 22.0. The molecule has 2 aliphatic rings. The molecule has 1 saturated heterocycles. The Bertz CT molecular complexity index is 1090. The number of para-hydroxylation sites is 1. The van der Waals surface area contributed by atoms with E-state index in [1.165, 1.54) is 28.2 Å². The molecule has 0 aliphatic carbocycles. The van der Waals surface area contributed by atoms with Crippen LogP contribution < -0.4 is 5.32 Å². The first-order valence-corrected chi connectivity index (χ1v) is 12.3. The Balaban J connectivity index is 1.39. The quantitative estimate of drug-likeness (QED) is 0.753. The lowest BCUT2D eigenvalue weighted by Crippen LogP contribution is -2.40. The third-order valence-corrected chi connectivity index (χ3v) is 8.51. The fraction of sp³-hybridized carbons (Fsp3) is 0.333. The average molecular weight is 464 g/mol. The Morgan fingerprint density at radius 2 is 1.81 bits per heavy atom. The lowest BCUT2D eigenvalue weighted by molar-refractivity contribution is -0.132. The first-order chi connectivity index (χ1) is 14.8. The number of carbonyl (C=O) groups is 2. The molecule has 2 aromatic carbocycles. The van der Waals surface area contributed by atoms with Gasteiger partial charge in [0.15, 0.2) is 0 Å². The molecule has 7 nitrogen and oxygen atoms in total. The molecule has 1 unspecified atom stereocenters. The molecule has 4 rings (SSSR count). The number of benzene rings is 2. The molecule has 2 aliphatic heterocycles. The van der Waals surface area contributed by atoms with E-state index in [2.05, 4.69) is 5.32 Å². The highest BCUT2D eigenvalue weighted by molar-refractivity contribution is 8.01. The minimum atomic E-state index is -3.76. The number of rotatable bonds is 4. The topological polar surface area (TPSA) is 86.8 Å². The number of halogens is 1. The Labute approximate surface area is 184 Å². The van der Waals surface area contributed by atoms with Crippen molar-refractivity contribution < 1.29 is 22.4 Å². The molecule has 0 saturated carbocycles. The third kappa shape index (κ3) is 4.76. The first kappa shape index (κ1) is 21.8. The van der Waals surface area contributed by atoms with Crippen molar-refractivity contribution in [2.24, 2.45) is 0 Å². The van der Waals surface area contributed by atoms with Gasteiger partial charge >= 0.3 is 0 Å². The van der Waals surface area contributed by atoms with Crippen molar-refractivity contribution in [2.75, 3.05) is 31.5 Å². The van der Waals surface area contributed by atoms with Crippen molar-refractivity contribution in [1.82, 2.24) is 9.21 Å². The highest BCUT2D eigenvalue weighted by atomic mass is 32.2. The first-order valence-electron chi connectivity index (χ1n) is 9.94. The highest BCUT2D eigenvalue weighted by Gasteiger charge is 2.32. The number of sulfonamides is 1. The maximum absolute atomic E-state index is 13.1. The summed E-state index contributed by atoms with van der Waals surface area (Å²) in [5.41, 5.74) is 0.748. The van der Waals surface area contributed by atoms with Crippen LogP contribution in [-0.4, -0.2) is 60.9 Å². The lowest BCUT2D eigenvalue weighted by Gasteiger charge is -2.26. The summed E-state index contributed by atoms with van der Waals surface area (Å²) in [7, 11) is -3.76. The van der Waals surface area contributed by atoms with Gasteiger partial charge in [-0.3, -0.25) is 9.59 Å². The number of amides is 2. The zero-order valence-electron chi connectivity index (χ0n) is 16.7. The van der Waals surface area contributed by atoms with Crippen molar-refractivity contribution in [2.45, 2.75) is 27.9 Å². The number of anilines is 1. The van der Waals surface area contributed by atoms with E-state index in [1.54, 1.807) is 4.90 Å². The van der Waals surface area contributed by atoms with Gasteiger partial charge in [-0.15, -0.1) is 11.8 Å². The second-order valence-electron chi connectivity index (χ2n) is 7.39. The van der Waals surface area contributed by atoms with E-state index in [-0.39, 0.29) is 42.8 Å². The van der Waals surface area contributed by atoms with Gasteiger partial charge in [-0.05, 0) is 42.8 Å². The van der Waals surface area contributed by atoms with Crippen LogP contribution in [0.15, 0.2) is 58.3 Å². The van der Waals surface area contributed by atoms with Crippen LogP contribution in [0.1, 0.15) is 12.8 Å². The summed E-state index contributed by atoms with van der Waals surface area (Å²) >= 11 is 1.37. The van der Waals surface area contributed by atoms with Gasteiger partial charge in [-0.1, -0.05) is 12.1 Å². The molecule has 1 fully saturated rings. The van der Waals surface area contributed by atoms with Crippen LogP contribution in [0.25, 0.3) is 0 Å². The predicted octanol–water partition coefficient (Wildman–Crippen LogP) is 2.55. The third-order valence-electron chi connectivity index (χ3n) is 5.33. The molecule has 2 heterocycles. The highest BCUT2D eigenvalue weighted by Crippen LogP contribution is 2.36. The van der Waals surface area contributed by atoms with Gasteiger partial charge in [0.05, 0.1) is 15.8 Å². The van der Waals surface area contributed by atoms with Crippen LogP contribution in [0.2, 0.25) is 0 Å². The van der Waals surface area contributed by atoms with Gasteiger partial charge in [-0.25, -0.2) is 12.8 Å². The standard InChI is InChI=1S/C21H22FN3O4S2/c22-15-6-8-16(9-7-15)31(28,29)25-11-3-10-24(12-13-25)20(26)14-19-21(27)23-17-4-1-2-5-18(17)30-19/h1-2,4-9,19H,3,10-14H2,(H,23,27). The summed E-state index contributed by atoms with van der Waals surface area (Å²) in [5, 5.41) is 2.31. The summed E-state index contributed by atoms with van der Waals surface area (Å²) in [6, 6.07) is 12.2. The van der Waals surface area contributed by atoms with E-state index in [9.17, 15) is 22.4 Å². The van der Waals surface area contributed by atoms with Gasteiger partial charge in [-0.2, -0.15) is 4.31 Å². The van der Waals surface area contributed by atoms with Crippen molar-refractivity contribution in [3.05, 3.63) is 54.3 Å². The van der Waals surface area contributed by atoms with Crippen LogP contribution in [0.5, 0.6) is 0 Å². The minimum Gasteiger partial charge on any atom is -0.341 e. The van der Waals surface area contributed by atoms with Crippen molar-refractivity contribution in [1.29, 1.82) is 0 Å². The second kappa shape index (κ2) is 8.97. The maximum atomic E-state index is 13.1. The van der Waals surface area contributed by atoms with Gasteiger partial charge < -0.3 is 10.2 Å². The molecule has 2 aromatic rings. The molecule has 0 spiro atoms. The normalized spacial score (nSPS) is 20.0. The fourth-order valence-electron chi connectivity index (χ4n) is 3.65. The number of thioether (sulfide) groups is 1. The average Bonchev–Trinajstić information content (AvgIpc) is 3.01. The largest absolute Gasteiger partial charge is 0.341 e. The molecular weight excluding hydrogens is 441 g/mol. The summed E-state index contributed by atoms with van der Waals surface area (Å²) in [4.78, 5) is 27.8. The number of hydrogen-bond donors (Lipinski definition) is 1. The molecule has 31 heavy (non-hydrogen) atoms. The maximum Gasteiger partial charge on any atom is 0.243 e. The molecule has 164 valence electrons. The van der Waals surface area contributed by atoms with E-state index in [1.807, 2.05) is 24.3 Å². The molecule has 1 N–H and O–H groups in total. The lowest BCUT2D eigenvalue weighted by atomic mass is 10.2. The molecule has 0 radical (unpaired) electrons. The van der Waals surface area contributed by atoms with Gasteiger partial charge in [0.2, 0.25) is 21.8 Å². The summed E-state index contributed by atoms with van der Waals surface area (Å²) < 4.78 is 40.2. The molecule has 2 amide bonds. The Morgan fingerprint density at radius 1 is 1.06 bits per heavy atom. The van der Waals surface area contributed by atoms with E-state index in [0.29, 0.717) is 13.0 Å². The number of nitrogens with one attached hydrogen (secondary N) is 1. The van der Waals surface area contributed by atoms with Crippen molar-refractivity contribution in [3.63, 3.8) is 0 Å². The number of fused-ring (bicyclic) bond motifs is 1. The Morgan fingerprint density at radius 3 is 2.58 bits per heavy atom. The molecular formula is C21H22FN3O4S2. The fourth-order valence-corrected chi connectivity index (χ4v) is 6.23. The van der Waals surface area contributed by atoms with E-state index in [4.69, 9.17) is 0 Å².